The van der Waals surface area contributed by atoms with E-state index < -0.39 is 0 Å². The molecule has 214 valence electrons. The second kappa shape index (κ2) is 11.1. The van der Waals surface area contributed by atoms with Gasteiger partial charge in [0, 0.05) is 58.2 Å². The van der Waals surface area contributed by atoms with Crippen LogP contribution in [0.3, 0.4) is 0 Å². The average Bonchev–Trinajstić information content (AvgIpc) is 3.05. The molecule has 5 aromatic rings. The number of rotatable bonds is 6. The molecule has 0 spiro atoms. The van der Waals surface area contributed by atoms with Gasteiger partial charge in [-0.1, -0.05) is 54.3 Å². The monoisotopic (exact) mass is 576 g/mol. The predicted molar refractivity (Wildman–Crippen MR) is 169 cm³/mol. The van der Waals surface area contributed by atoms with Gasteiger partial charge in [0.1, 0.15) is 11.5 Å². The number of allylic oxidation sites excluding steroid dienone is 4. The van der Waals surface area contributed by atoms with Crippen LogP contribution in [0.1, 0.15) is 22.4 Å². The molecule has 2 heterocycles. The van der Waals surface area contributed by atoms with Crippen molar-refractivity contribution in [1.82, 2.24) is 0 Å². The zero-order chi connectivity index (χ0) is 30.2. The van der Waals surface area contributed by atoms with Crippen LogP contribution in [0.2, 0.25) is 0 Å². The zero-order valence-electron chi connectivity index (χ0n) is 23.7. The van der Waals surface area contributed by atoms with Gasteiger partial charge in [-0.05, 0) is 77.9 Å². The maximum atomic E-state index is 13.5. The fourth-order valence-corrected chi connectivity index (χ4v) is 5.72. The van der Waals surface area contributed by atoms with E-state index in [1.54, 1.807) is 36.4 Å². The molecule has 44 heavy (non-hydrogen) atoms. The Kier molecular flexibility index (Phi) is 6.79. The molecule has 6 nitrogen and oxygen atoms in total. The number of carbonyl (C=O) groups excluding carboxylic acids is 1. The molecule has 2 N–H and O–H groups in total. The molecule has 0 unspecified atom stereocenters. The Morgan fingerprint density at radius 1 is 0.727 bits per heavy atom. The van der Waals surface area contributed by atoms with Crippen LogP contribution < -0.4 is 14.6 Å². The lowest BCUT2D eigenvalue weighted by atomic mass is 9.86. The van der Waals surface area contributed by atoms with E-state index in [0.717, 1.165) is 44.7 Å². The molecule has 6 heteroatoms. The van der Waals surface area contributed by atoms with Crippen molar-refractivity contribution in [3.05, 3.63) is 166 Å². The number of hydrogen-bond donors (Lipinski definition) is 2. The molecule has 7 rings (SSSR count). The van der Waals surface area contributed by atoms with E-state index in [0.29, 0.717) is 13.1 Å². The van der Waals surface area contributed by atoms with Gasteiger partial charge in [-0.2, -0.15) is 4.57 Å². The van der Waals surface area contributed by atoms with Crippen LogP contribution >= 0.6 is 0 Å². The number of carbonyl (C=O) groups is 1. The Hall–Kier alpha value is -5.88. The third-order valence-corrected chi connectivity index (χ3v) is 8.06. The first-order chi connectivity index (χ1) is 21.4. The zero-order valence-corrected chi connectivity index (χ0v) is 23.7. The third-order valence-electron chi connectivity index (χ3n) is 8.06. The number of para-hydroxylation sites is 2. The van der Waals surface area contributed by atoms with Crippen LogP contribution in [0.4, 0.5) is 5.69 Å². The first kappa shape index (κ1) is 27.0. The molecule has 0 amide bonds. The Labute approximate surface area is 254 Å². The quantitative estimate of drug-likeness (QED) is 0.198. The molecule has 0 saturated heterocycles. The minimum atomic E-state index is -0.288. The Morgan fingerprint density at radius 3 is 2.16 bits per heavy atom. The number of pyridine rings is 1. The maximum Gasteiger partial charge on any atom is 0.213 e. The molecule has 0 radical (unpaired) electrons. The number of aromatic nitrogens is 1. The average molecular weight is 577 g/mol. The van der Waals surface area contributed by atoms with Gasteiger partial charge in [-0.3, -0.25) is 4.79 Å². The highest BCUT2D eigenvalue weighted by atomic mass is 16.3. The lowest BCUT2D eigenvalue weighted by molar-refractivity contribution is -0.664. The number of anilines is 1. The van der Waals surface area contributed by atoms with Crippen LogP contribution in [0.15, 0.2) is 144 Å². The fraction of sp³-hybridized carbons (Fsp3) is 0.0526. The first-order valence-corrected chi connectivity index (χ1v) is 14.4. The van der Waals surface area contributed by atoms with Crippen LogP contribution in [0.25, 0.3) is 23.1 Å². The molecule has 4 aromatic carbocycles. The van der Waals surface area contributed by atoms with Crippen molar-refractivity contribution < 1.29 is 24.7 Å². The summed E-state index contributed by atoms with van der Waals surface area (Å²) in [5.41, 5.74) is 6.70. The standard InChI is InChI=1S/C38H28N2O4/c41-31-17-9-25(10-18-31)23-39-29(15-13-27-5-1-3-7-35(27)39)21-33-37(43)34(38(33)44)22-30-16-14-28-6-2-4-8-36(28)40(30)24-26-11-19-32(42)20-12-26/h1-22H,23-24H2,(H2-,41,42,43,44). The van der Waals surface area contributed by atoms with E-state index in [1.807, 2.05) is 97.1 Å². The van der Waals surface area contributed by atoms with Gasteiger partial charge in [0.2, 0.25) is 11.2 Å². The molecule has 1 aromatic heterocycles. The van der Waals surface area contributed by atoms with Crippen molar-refractivity contribution in [3.63, 3.8) is 0 Å². The van der Waals surface area contributed by atoms with Crippen molar-refractivity contribution in [3.8, 4) is 11.5 Å². The molecule has 0 bridgehead atoms. The number of aromatic hydroxyl groups is 2. The molecule has 1 aliphatic carbocycles. The summed E-state index contributed by atoms with van der Waals surface area (Å²) in [5, 5.41) is 34.0. The van der Waals surface area contributed by atoms with Gasteiger partial charge >= 0.3 is 0 Å². The number of nitrogens with zero attached hydrogens (tertiary/aromatic N) is 2. The van der Waals surface area contributed by atoms with Crippen molar-refractivity contribution in [2.75, 3.05) is 4.90 Å². The Balaban J connectivity index is 1.26. The number of benzene rings is 4. The predicted octanol–water partition coefficient (Wildman–Crippen LogP) is 5.78. The summed E-state index contributed by atoms with van der Waals surface area (Å²) in [6.07, 6.45) is 7.27. The maximum absolute atomic E-state index is 13.5. The number of phenolic OH excluding ortho intramolecular Hbond substituents is 2. The van der Waals surface area contributed by atoms with E-state index in [1.165, 1.54) is 0 Å². The molecular weight excluding hydrogens is 548 g/mol. The van der Waals surface area contributed by atoms with Crippen molar-refractivity contribution in [2.45, 2.75) is 13.1 Å². The summed E-state index contributed by atoms with van der Waals surface area (Å²) in [5.74, 6) is -0.188. The summed E-state index contributed by atoms with van der Waals surface area (Å²) in [4.78, 5) is 15.6. The normalized spacial score (nSPS) is 16.1. The van der Waals surface area contributed by atoms with E-state index >= 15 is 0 Å². The van der Waals surface area contributed by atoms with Crippen molar-refractivity contribution in [1.29, 1.82) is 0 Å². The smallest absolute Gasteiger partial charge is 0.213 e. The lowest BCUT2D eigenvalue weighted by Gasteiger charge is -2.33. The number of phenols is 2. The Morgan fingerprint density at radius 2 is 1.41 bits per heavy atom. The number of fused-ring (bicyclic) bond motifs is 2. The molecule has 2 aliphatic rings. The molecular formula is C38H28N2O4. The molecule has 0 fully saturated rings. The summed E-state index contributed by atoms with van der Waals surface area (Å²) in [6.45, 7) is 1.00. The summed E-state index contributed by atoms with van der Waals surface area (Å²) in [7, 11) is 0. The highest BCUT2D eigenvalue weighted by molar-refractivity contribution is 6.23. The third kappa shape index (κ3) is 5.03. The first-order valence-electron chi connectivity index (χ1n) is 14.4. The van der Waals surface area contributed by atoms with E-state index in [2.05, 4.69) is 9.47 Å². The SMILES string of the molecule is O=C1C(=Cc2ccc3ccccc3[n+]2Cc2ccc(O)cc2)C([O-])=C1C=C1C=Cc2ccccc2N1Cc1ccc(O)cc1. The number of hydrogen-bond acceptors (Lipinski definition) is 5. The van der Waals surface area contributed by atoms with Gasteiger partial charge in [-0.25, -0.2) is 0 Å². The van der Waals surface area contributed by atoms with E-state index in [4.69, 9.17) is 0 Å². The highest BCUT2D eigenvalue weighted by Crippen LogP contribution is 2.36. The van der Waals surface area contributed by atoms with Gasteiger partial charge in [0.25, 0.3) is 0 Å². The van der Waals surface area contributed by atoms with Crippen LogP contribution in [-0.4, -0.2) is 16.0 Å². The second-order valence-corrected chi connectivity index (χ2v) is 10.9. The van der Waals surface area contributed by atoms with Gasteiger partial charge in [0.05, 0.1) is 0 Å². The fourth-order valence-electron chi connectivity index (χ4n) is 5.72. The minimum Gasteiger partial charge on any atom is -0.871 e. The molecule has 0 saturated carbocycles. The second-order valence-electron chi connectivity index (χ2n) is 10.9. The van der Waals surface area contributed by atoms with Gasteiger partial charge < -0.3 is 20.2 Å². The van der Waals surface area contributed by atoms with Gasteiger partial charge in [0.15, 0.2) is 12.3 Å². The van der Waals surface area contributed by atoms with E-state index in [-0.39, 0.29) is 34.2 Å². The van der Waals surface area contributed by atoms with E-state index in [9.17, 15) is 20.1 Å². The molecule has 1 aliphatic heterocycles. The van der Waals surface area contributed by atoms with Crippen molar-refractivity contribution >= 4 is 34.5 Å². The highest BCUT2D eigenvalue weighted by Gasteiger charge is 2.29. The van der Waals surface area contributed by atoms with Crippen molar-refractivity contribution in [2.24, 2.45) is 0 Å². The summed E-state index contributed by atoms with van der Waals surface area (Å²) < 4.78 is 2.08. The topological polar surface area (TPSA) is 87.7 Å². The van der Waals surface area contributed by atoms with Gasteiger partial charge in [-0.15, -0.1) is 0 Å². The van der Waals surface area contributed by atoms with Crippen LogP contribution in [0.5, 0.6) is 11.5 Å². The largest absolute Gasteiger partial charge is 0.871 e. The molecule has 0 atom stereocenters. The summed E-state index contributed by atoms with van der Waals surface area (Å²) >= 11 is 0. The lowest BCUT2D eigenvalue weighted by Crippen LogP contribution is -2.39. The van der Waals surface area contributed by atoms with Crippen LogP contribution in [-0.2, 0) is 17.9 Å². The number of ketones is 1. The Bertz CT molecular complexity index is 2050. The number of Topliss-reactive ketones (excluding diaryl/α,β-unsaturated/α-hetero) is 1. The van der Waals surface area contributed by atoms with Crippen LogP contribution in [0, 0.1) is 0 Å². The summed E-state index contributed by atoms with van der Waals surface area (Å²) in [6, 6.07) is 33.9. The minimum absolute atomic E-state index is 0.150.